The molecule has 1 N–H and O–H groups in total. The van der Waals surface area contributed by atoms with E-state index < -0.39 is 0 Å². The SMILES string of the molecule is Clc1ccc(Nc2cc(Br)nc(C3CC3)n2)cc1Cl. The van der Waals surface area contributed by atoms with E-state index in [-0.39, 0.29) is 0 Å². The summed E-state index contributed by atoms with van der Waals surface area (Å²) in [6.45, 7) is 0. The molecule has 19 heavy (non-hydrogen) atoms. The lowest BCUT2D eigenvalue weighted by atomic mass is 10.3. The summed E-state index contributed by atoms with van der Waals surface area (Å²) in [5.74, 6) is 2.14. The molecule has 2 aromatic rings. The Bertz CT molecular complexity index is 629. The molecule has 1 aliphatic rings. The molecule has 1 saturated carbocycles. The van der Waals surface area contributed by atoms with Crippen LogP contribution in [0.2, 0.25) is 10.0 Å². The first-order valence-corrected chi connectivity index (χ1v) is 7.43. The minimum Gasteiger partial charge on any atom is -0.340 e. The molecular weight excluding hydrogens is 349 g/mol. The number of hydrogen-bond donors (Lipinski definition) is 1. The predicted molar refractivity (Wildman–Crippen MR) is 81.5 cm³/mol. The third kappa shape index (κ3) is 3.19. The molecule has 1 heterocycles. The van der Waals surface area contributed by atoms with Gasteiger partial charge in [0.05, 0.1) is 10.0 Å². The molecule has 0 bridgehead atoms. The third-order valence-electron chi connectivity index (χ3n) is 2.85. The number of nitrogens with zero attached hydrogens (tertiary/aromatic N) is 2. The maximum atomic E-state index is 5.99. The maximum Gasteiger partial charge on any atom is 0.135 e. The summed E-state index contributed by atoms with van der Waals surface area (Å²) in [7, 11) is 0. The van der Waals surface area contributed by atoms with Gasteiger partial charge in [-0.25, -0.2) is 9.97 Å². The van der Waals surface area contributed by atoms with Crippen molar-refractivity contribution in [3.63, 3.8) is 0 Å². The van der Waals surface area contributed by atoms with E-state index in [1.807, 2.05) is 12.1 Å². The highest BCUT2D eigenvalue weighted by Crippen LogP contribution is 2.39. The molecule has 0 aliphatic heterocycles. The third-order valence-corrected chi connectivity index (χ3v) is 3.99. The molecule has 0 radical (unpaired) electrons. The van der Waals surface area contributed by atoms with Gasteiger partial charge in [-0.1, -0.05) is 23.2 Å². The summed E-state index contributed by atoms with van der Waals surface area (Å²) in [6, 6.07) is 7.23. The van der Waals surface area contributed by atoms with Gasteiger partial charge in [0.2, 0.25) is 0 Å². The molecule has 1 aromatic carbocycles. The number of hydrogen-bond acceptors (Lipinski definition) is 3. The van der Waals surface area contributed by atoms with Crippen LogP contribution in [0.25, 0.3) is 0 Å². The van der Waals surface area contributed by atoms with Gasteiger partial charge >= 0.3 is 0 Å². The predicted octanol–water partition coefficient (Wildman–Crippen LogP) is 5.17. The Morgan fingerprint density at radius 3 is 2.58 bits per heavy atom. The standard InChI is InChI=1S/C13H10BrCl2N3/c14-11-6-12(19-13(18-11)7-1-2-7)17-8-3-4-9(15)10(16)5-8/h3-7H,1-2H2,(H,17,18,19). The van der Waals surface area contributed by atoms with Crippen LogP contribution in [0.1, 0.15) is 24.6 Å². The van der Waals surface area contributed by atoms with E-state index in [0.717, 1.165) is 21.9 Å². The van der Waals surface area contributed by atoms with E-state index in [0.29, 0.717) is 16.0 Å². The molecule has 3 rings (SSSR count). The second-order valence-corrected chi connectivity index (χ2v) is 6.09. The van der Waals surface area contributed by atoms with Gasteiger partial charge in [-0.05, 0) is 47.0 Å². The van der Waals surface area contributed by atoms with E-state index in [2.05, 4.69) is 31.2 Å². The molecular formula is C13H10BrCl2N3. The monoisotopic (exact) mass is 357 g/mol. The van der Waals surface area contributed by atoms with Crippen LogP contribution in [0.15, 0.2) is 28.9 Å². The van der Waals surface area contributed by atoms with Gasteiger partial charge in [0.1, 0.15) is 16.2 Å². The average Bonchev–Trinajstić information content (AvgIpc) is 3.17. The summed E-state index contributed by atoms with van der Waals surface area (Å²) in [6.07, 6.45) is 2.34. The van der Waals surface area contributed by atoms with E-state index in [4.69, 9.17) is 23.2 Å². The molecule has 0 spiro atoms. The van der Waals surface area contributed by atoms with Crippen LogP contribution >= 0.6 is 39.1 Å². The zero-order valence-electron chi connectivity index (χ0n) is 9.83. The topological polar surface area (TPSA) is 37.8 Å². The highest BCUT2D eigenvalue weighted by atomic mass is 79.9. The molecule has 0 unspecified atom stereocenters. The number of rotatable bonds is 3. The molecule has 6 heteroatoms. The van der Waals surface area contributed by atoms with Crippen LogP contribution in [0.4, 0.5) is 11.5 Å². The van der Waals surface area contributed by atoms with Gasteiger partial charge in [-0.3, -0.25) is 0 Å². The molecule has 1 fully saturated rings. The lowest BCUT2D eigenvalue weighted by Gasteiger charge is -2.08. The van der Waals surface area contributed by atoms with Crippen LogP contribution in [0.5, 0.6) is 0 Å². The lowest BCUT2D eigenvalue weighted by molar-refractivity contribution is 0.919. The van der Waals surface area contributed by atoms with Crippen molar-refractivity contribution in [1.29, 1.82) is 0 Å². The van der Waals surface area contributed by atoms with Crippen molar-refractivity contribution in [2.24, 2.45) is 0 Å². The second-order valence-electron chi connectivity index (χ2n) is 4.46. The fourth-order valence-corrected chi connectivity index (χ4v) is 2.44. The van der Waals surface area contributed by atoms with Crippen LogP contribution in [0.3, 0.4) is 0 Å². The Hall–Kier alpha value is -0.840. The molecule has 0 atom stereocenters. The summed E-state index contributed by atoms with van der Waals surface area (Å²) in [4.78, 5) is 8.90. The molecule has 1 aliphatic carbocycles. The number of aromatic nitrogens is 2. The van der Waals surface area contributed by atoms with Crippen molar-refractivity contribution in [1.82, 2.24) is 9.97 Å². The van der Waals surface area contributed by atoms with Crippen molar-refractivity contribution < 1.29 is 0 Å². The van der Waals surface area contributed by atoms with Crippen LogP contribution in [-0.2, 0) is 0 Å². The van der Waals surface area contributed by atoms with E-state index in [1.54, 1.807) is 12.1 Å². The average molecular weight is 359 g/mol. The van der Waals surface area contributed by atoms with Gasteiger partial charge in [0.15, 0.2) is 0 Å². The number of benzene rings is 1. The largest absolute Gasteiger partial charge is 0.340 e. The second kappa shape index (κ2) is 5.27. The summed E-state index contributed by atoms with van der Waals surface area (Å²) in [5, 5.41) is 4.26. The maximum absolute atomic E-state index is 5.99. The summed E-state index contributed by atoms with van der Waals surface area (Å²) >= 11 is 15.3. The number of nitrogens with one attached hydrogen (secondary N) is 1. The summed E-state index contributed by atoms with van der Waals surface area (Å²) < 4.78 is 0.784. The zero-order valence-corrected chi connectivity index (χ0v) is 12.9. The van der Waals surface area contributed by atoms with Crippen LogP contribution < -0.4 is 5.32 Å². The summed E-state index contributed by atoms with van der Waals surface area (Å²) in [5.41, 5.74) is 0.849. The minimum atomic E-state index is 0.506. The minimum absolute atomic E-state index is 0.506. The fraction of sp³-hybridized carbons (Fsp3) is 0.231. The van der Waals surface area contributed by atoms with Crippen molar-refractivity contribution >= 4 is 50.6 Å². The van der Waals surface area contributed by atoms with Crippen LogP contribution in [0, 0.1) is 0 Å². The van der Waals surface area contributed by atoms with Gasteiger partial charge in [-0.2, -0.15) is 0 Å². The molecule has 98 valence electrons. The lowest BCUT2D eigenvalue weighted by Crippen LogP contribution is -1.99. The van der Waals surface area contributed by atoms with Crippen molar-refractivity contribution in [2.45, 2.75) is 18.8 Å². The Balaban J connectivity index is 1.87. The molecule has 3 nitrogen and oxygen atoms in total. The van der Waals surface area contributed by atoms with Gasteiger partial charge in [0, 0.05) is 17.7 Å². The van der Waals surface area contributed by atoms with E-state index in [1.165, 1.54) is 12.8 Å². The Labute approximate surface area is 129 Å². The molecule has 0 saturated heterocycles. The first-order chi connectivity index (χ1) is 9.11. The quantitative estimate of drug-likeness (QED) is 0.769. The Morgan fingerprint density at radius 1 is 1.11 bits per heavy atom. The molecule has 1 aromatic heterocycles. The number of anilines is 2. The van der Waals surface area contributed by atoms with E-state index >= 15 is 0 Å². The van der Waals surface area contributed by atoms with Gasteiger partial charge < -0.3 is 5.32 Å². The molecule has 0 amide bonds. The van der Waals surface area contributed by atoms with Crippen molar-refractivity contribution in [3.8, 4) is 0 Å². The first-order valence-electron chi connectivity index (χ1n) is 5.88. The fourth-order valence-electron chi connectivity index (χ4n) is 1.75. The zero-order chi connectivity index (χ0) is 13.4. The van der Waals surface area contributed by atoms with E-state index in [9.17, 15) is 0 Å². The highest BCUT2D eigenvalue weighted by molar-refractivity contribution is 9.10. The normalized spacial score (nSPS) is 14.5. The van der Waals surface area contributed by atoms with Crippen molar-refractivity contribution in [2.75, 3.05) is 5.32 Å². The van der Waals surface area contributed by atoms with Gasteiger partial charge in [-0.15, -0.1) is 0 Å². The van der Waals surface area contributed by atoms with Crippen LogP contribution in [-0.4, -0.2) is 9.97 Å². The highest BCUT2D eigenvalue weighted by Gasteiger charge is 2.27. The first kappa shape index (κ1) is 13.2. The Morgan fingerprint density at radius 2 is 1.89 bits per heavy atom. The van der Waals surface area contributed by atoms with Gasteiger partial charge in [0.25, 0.3) is 0 Å². The number of halogens is 3. The van der Waals surface area contributed by atoms with Crippen molar-refractivity contribution in [3.05, 3.63) is 44.7 Å². The smallest absolute Gasteiger partial charge is 0.135 e. The Kier molecular flexibility index (Phi) is 3.65.